The summed E-state index contributed by atoms with van der Waals surface area (Å²) in [5.74, 6) is -1.06. The molecule has 1 amide bonds. The molecule has 0 aromatic heterocycles. The Hall–Kier alpha value is -2.71. The monoisotopic (exact) mass is 418 g/mol. The maximum atomic E-state index is 12.6. The number of esters is 1. The van der Waals surface area contributed by atoms with Crippen molar-refractivity contribution in [3.05, 3.63) is 65.7 Å². The van der Waals surface area contributed by atoms with E-state index in [1.54, 1.807) is 20.8 Å². The van der Waals surface area contributed by atoms with Crippen molar-refractivity contribution in [3.8, 4) is 0 Å². The molecule has 0 saturated heterocycles. The van der Waals surface area contributed by atoms with Crippen molar-refractivity contribution >= 4 is 21.9 Å². The molecule has 0 bridgehead atoms. The first-order valence-electron chi connectivity index (χ1n) is 9.08. The Labute approximate surface area is 171 Å². The lowest BCUT2D eigenvalue weighted by atomic mass is 10.1. The molecule has 7 nitrogen and oxygen atoms in total. The van der Waals surface area contributed by atoms with Crippen molar-refractivity contribution in [2.45, 2.75) is 43.7 Å². The van der Waals surface area contributed by atoms with Gasteiger partial charge in [0.1, 0.15) is 6.04 Å². The van der Waals surface area contributed by atoms with Gasteiger partial charge < -0.3 is 10.1 Å². The first kappa shape index (κ1) is 22.6. The Morgan fingerprint density at radius 1 is 1.00 bits per heavy atom. The van der Waals surface area contributed by atoms with E-state index >= 15 is 0 Å². The Morgan fingerprint density at radius 2 is 1.59 bits per heavy atom. The Bertz CT molecular complexity index is 949. The Balaban J connectivity index is 2.15. The minimum absolute atomic E-state index is 0.0535. The molecule has 0 aliphatic heterocycles. The van der Waals surface area contributed by atoms with Crippen LogP contribution in [0.3, 0.4) is 0 Å². The van der Waals surface area contributed by atoms with Crippen LogP contribution in [-0.4, -0.2) is 39.0 Å². The molecule has 2 N–H and O–H groups in total. The number of methoxy groups -OCH3 is 1. The number of amides is 1. The zero-order valence-electron chi connectivity index (χ0n) is 16.9. The molecule has 0 aliphatic carbocycles. The van der Waals surface area contributed by atoms with E-state index in [1.807, 2.05) is 30.3 Å². The van der Waals surface area contributed by atoms with Crippen LogP contribution < -0.4 is 10.0 Å². The predicted molar refractivity (Wildman–Crippen MR) is 110 cm³/mol. The molecule has 0 heterocycles. The number of hydrogen-bond donors (Lipinski definition) is 2. The topological polar surface area (TPSA) is 102 Å². The number of benzene rings is 2. The summed E-state index contributed by atoms with van der Waals surface area (Å²) >= 11 is 0. The maximum absolute atomic E-state index is 12.6. The SMILES string of the molecule is COC(=O)[C@@H](Cc1ccccc1)NC(=O)c1ccc(S(=O)(=O)NC(C)(C)C)cc1. The van der Waals surface area contributed by atoms with Gasteiger partial charge in [0.05, 0.1) is 12.0 Å². The normalized spacial score (nSPS) is 12.8. The fourth-order valence-electron chi connectivity index (χ4n) is 2.67. The van der Waals surface area contributed by atoms with E-state index in [2.05, 4.69) is 10.0 Å². The second kappa shape index (κ2) is 9.19. The quantitative estimate of drug-likeness (QED) is 0.672. The minimum atomic E-state index is -3.70. The molecular formula is C21H26N2O5S. The van der Waals surface area contributed by atoms with Crippen LogP contribution >= 0.6 is 0 Å². The summed E-state index contributed by atoms with van der Waals surface area (Å²) in [6, 6.07) is 13.9. The van der Waals surface area contributed by atoms with Crippen LogP contribution in [0.2, 0.25) is 0 Å². The molecule has 0 spiro atoms. The summed E-state index contributed by atoms with van der Waals surface area (Å²) < 4.78 is 32.1. The van der Waals surface area contributed by atoms with E-state index in [0.717, 1.165) is 5.56 Å². The fraction of sp³-hybridized carbons (Fsp3) is 0.333. The van der Waals surface area contributed by atoms with Crippen LogP contribution in [0.15, 0.2) is 59.5 Å². The highest BCUT2D eigenvalue weighted by Gasteiger charge is 2.24. The second-order valence-corrected chi connectivity index (χ2v) is 9.30. The first-order valence-corrected chi connectivity index (χ1v) is 10.6. The molecule has 2 aromatic rings. The van der Waals surface area contributed by atoms with Gasteiger partial charge in [0.15, 0.2) is 0 Å². The van der Waals surface area contributed by atoms with E-state index in [-0.39, 0.29) is 16.9 Å². The molecule has 29 heavy (non-hydrogen) atoms. The molecule has 0 unspecified atom stereocenters. The smallest absolute Gasteiger partial charge is 0.328 e. The molecule has 1 atom stereocenters. The van der Waals surface area contributed by atoms with Crippen LogP contribution in [0, 0.1) is 0 Å². The summed E-state index contributed by atoms with van der Waals surface area (Å²) in [4.78, 5) is 24.7. The van der Waals surface area contributed by atoms with Crippen molar-refractivity contribution in [2.24, 2.45) is 0 Å². The second-order valence-electron chi connectivity index (χ2n) is 7.62. The molecule has 0 saturated carbocycles. The summed E-state index contributed by atoms with van der Waals surface area (Å²) in [6.45, 7) is 5.23. The van der Waals surface area contributed by atoms with Gasteiger partial charge in [-0.05, 0) is 50.6 Å². The van der Waals surface area contributed by atoms with Gasteiger partial charge in [-0.3, -0.25) is 4.79 Å². The van der Waals surface area contributed by atoms with Crippen LogP contribution in [0.5, 0.6) is 0 Å². The Morgan fingerprint density at radius 3 is 2.10 bits per heavy atom. The highest BCUT2D eigenvalue weighted by Crippen LogP contribution is 2.14. The molecule has 0 fully saturated rings. The van der Waals surface area contributed by atoms with Crippen molar-refractivity contribution in [1.82, 2.24) is 10.0 Å². The lowest BCUT2D eigenvalue weighted by Crippen LogP contribution is -2.43. The first-order chi connectivity index (χ1) is 13.5. The van der Waals surface area contributed by atoms with Crippen molar-refractivity contribution in [2.75, 3.05) is 7.11 Å². The zero-order chi connectivity index (χ0) is 21.7. The molecule has 156 valence electrons. The number of rotatable bonds is 7. The average molecular weight is 419 g/mol. The van der Waals surface area contributed by atoms with Crippen molar-refractivity contribution in [1.29, 1.82) is 0 Å². The third-order valence-electron chi connectivity index (χ3n) is 3.94. The largest absolute Gasteiger partial charge is 0.467 e. The fourth-order valence-corrected chi connectivity index (χ4v) is 4.09. The number of ether oxygens (including phenoxy) is 1. The Kier molecular flexibility index (Phi) is 7.16. The number of hydrogen-bond acceptors (Lipinski definition) is 5. The van der Waals surface area contributed by atoms with Gasteiger partial charge in [-0.1, -0.05) is 30.3 Å². The van der Waals surface area contributed by atoms with Gasteiger partial charge in [0.25, 0.3) is 5.91 Å². The predicted octanol–water partition coefficient (Wildman–Crippen LogP) is 2.28. The van der Waals surface area contributed by atoms with E-state index in [4.69, 9.17) is 4.74 Å². The zero-order valence-corrected chi connectivity index (χ0v) is 17.7. The average Bonchev–Trinajstić information content (AvgIpc) is 2.66. The molecule has 2 rings (SSSR count). The van der Waals surface area contributed by atoms with Gasteiger partial charge in [0, 0.05) is 17.5 Å². The number of nitrogens with one attached hydrogen (secondary N) is 2. The number of sulfonamides is 1. The van der Waals surface area contributed by atoms with E-state index in [0.29, 0.717) is 0 Å². The van der Waals surface area contributed by atoms with Gasteiger partial charge in [-0.15, -0.1) is 0 Å². The summed E-state index contributed by atoms with van der Waals surface area (Å²) in [5.41, 5.74) is 0.486. The number of carbonyl (C=O) groups is 2. The van der Waals surface area contributed by atoms with E-state index in [9.17, 15) is 18.0 Å². The summed E-state index contributed by atoms with van der Waals surface area (Å²) in [5, 5.41) is 2.65. The molecule has 0 radical (unpaired) electrons. The summed E-state index contributed by atoms with van der Waals surface area (Å²) in [6.07, 6.45) is 0.279. The van der Waals surface area contributed by atoms with Crippen LogP contribution in [0.25, 0.3) is 0 Å². The highest BCUT2D eigenvalue weighted by molar-refractivity contribution is 7.89. The summed E-state index contributed by atoms with van der Waals surface area (Å²) in [7, 11) is -2.44. The maximum Gasteiger partial charge on any atom is 0.328 e. The van der Waals surface area contributed by atoms with E-state index in [1.165, 1.54) is 31.4 Å². The molecule has 2 aromatic carbocycles. The minimum Gasteiger partial charge on any atom is -0.467 e. The van der Waals surface area contributed by atoms with Crippen LogP contribution in [-0.2, 0) is 26.0 Å². The molecule has 0 aliphatic rings. The van der Waals surface area contributed by atoms with Crippen LogP contribution in [0.4, 0.5) is 0 Å². The van der Waals surface area contributed by atoms with Crippen LogP contribution in [0.1, 0.15) is 36.7 Å². The van der Waals surface area contributed by atoms with Gasteiger partial charge in [-0.2, -0.15) is 0 Å². The number of carbonyl (C=O) groups excluding carboxylic acids is 2. The third kappa shape index (κ3) is 6.69. The van der Waals surface area contributed by atoms with Gasteiger partial charge in [-0.25, -0.2) is 17.9 Å². The standard InChI is InChI=1S/C21H26N2O5S/c1-21(2,3)23-29(26,27)17-12-10-16(11-13-17)19(24)22-18(20(25)28-4)14-15-8-6-5-7-9-15/h5-13,18,23H,14H2,1-4H3,(H,22,24)/t18-/m1/s1. The van der Waals surface area contributed by atoms with Gasteiger partial charge >= 0.3 is 5.97 Å². The van der Waals surface area contributed by atoms with Gasteiger partial charge in [0.2, 0.25) is 10.0 Å². The van der Waals surface area contributed by atoms with Crippen molar-refractivity contribution in [3.63, 3.8) is 0 Å². The lowest BCUT2D eigenvalue weighted by Gasteiger charge is -2.20. The third-order valence-corrected chi connectivity index (χ3v) is 5.71. The lowest BCUT2D eigenvalue weighted by molar-refractivity contribution is -0.142. The molecular weight excluding hydrogens is 392 g/mol. The van der Waals surface area contributed by atoms with E-state index < -0.39 is 33.5 Å². The van der Waals surface area contributed by atoms with Crippen molar-refractivity contribution < 1.29 is 22.7 Å². The molecule has 8 heteroatoms. The highest BCUT2D eigenvalue weighted by atomic mass is 32.2.